The predicted molar refractivity (Wildman–Crippen MR) is 112 cm³/mol. The van der Waals surface area contributed by atoms with Gasteiger partial charge < -0.3 is 15.1 Å². The molecule has 3 fully saturated rings. The van der Waals surface area contributed by atoms with Gasteiger partial charge in [0, 0.05) is 57.6 Å². The van der Waals surface area contributed by atoms with Gasteiger partial charge in [-0.2, -0.15) is 4.98 Å². The Labute approximate surface area is 168 Å². The number of nitrogens with one attached hydrogen (secondary N) is 1. The van der Waals surface area contributed by atoms with Gasteiger partial charge >= 0.3 is 0 Å². The van der Waals surface area contributed by atoms with Crippen LogP contribution in [-0.2, 0) is 4.79 Å². The summed E-state index contributed by atoms with van der Waals surface area (Å²) in [5, 5.41) is 3.20. The van der Waals surface area contributed by atoms with E-state index in [1.807, 2.05) is 25.9 Å². The van der Waals surface area contributed by atoms with Gasteiger partial charge in [-0.15, -0.1) is 0 Å². The van der Waals surface area contributed by atoms with Gasteiger partial charge in [0.05, 0.1) is 5.92 Å². The number of amides is 1. The van der Waals surface area contributed by atoms with Crippen molar-refractivity contribution in [1.82, 2.24) is 20.2 Å². The molecule has 28 heavy (non-hydrogen) atoms. The second-order valence-corrected chi connectivity index (χ2v) is 8.90. The third kappa shape index (κ3) is 4.57. The fraction of sp³-hybridized carbons (Fsp3) is 0.762. The zero-order valence-corrected chi connectivity index (χ0v) is 17.5. The molecule has 2 aliphatic heterocycles. The van der Waals surface area contributed by atoms with Crippen LogP contribution in [0.3, 0.4) is 0 Å². The molecule has 1 aliphatic carbocycles. The van der Waals surface area contributed by atoms with Crippen molar-refractivity contribution in [3.8, 4) is 0 Å². The molecule has 1 amide bonds. The van der Waals surface area contributed by atoms with Crippen LogP contribution in [0, 0.1) is 12.8 Å². The van der Waals surface area contributed by atoms with Crippen LogP contribution in [0.2, 0.25) is 0 Å². The molecule has 0 spiro atoms. The zero-order chi connectivity index (χ0) is 19.7. The van der Waals surface area contributed by atoms with Crippen LogP contribution in [0.4, 0.5) is 11.8 Å². The van der Waals surface area contributed by atoms with E-state index in [2.05, 4.69) is 26.2 Å². The molecule has 1 aromatic rings. The highest BCUT2D eigenvalue weighted by Crippen LogP contribution is 2.27. The molecule has 3 heterocycles. The van der Waals surface area contributed by atoms with Gasteiger partial charge in [-0.05, 0) is 52.0 Å². The third-order valence-corrected chi connectivity index (χ3v) is 6.28. The van der Waals surface area contributed by atoms with Crippen molar-refractivity contribution in [3.63, 3.8) is 0 Å². The first-order chi connectivity index (χ1) is 13.5. The number of carbonyl (C=O) groups excluding carboxylic acids is 1. The number of likely N-dealkylation sites (tertiary alicyclic amines) is 1. The number of piperidine rings is 2. The SMILES string of the molecule is Cc1cc(N2CCC(N3CCC[C@@H](C(=O)NC4CC4)C3)CC2)nc(N(C)C)n1. The lowest BCUT2D eigenvalue weighted by atomic mass is 9.93. The number of rotatable bonds is 5. The second-order valence-electron chi connectivity index (χ2n) is 8.90. The molecular weight excluding hydrogens is 352 g/mol. The topological polar surface area (TPSA) is 64.6 Å². The summed E-state index contributed by atoms with van der Waals surface area (Å²) in [6.45, 7) is 6.13. The summed E-state index contributed by atoms with van der Waals surface area (Å²) in [6.07, 6.45) is 6.79. The Balaban J connectivity index is 1.33. The molecule has 4 rings (SSSR count). The molecule has 1 N–H and O–H groups in total. The highest BCUT2D eigenvalue weighted by molar-refractivity contribution is 5.79. The lowest BCUT2D eigenvalue weighted by molar-refractivity contribution is -0.127. The largest absolute Gasteiger partial charge is 0.356 e. The molecule has 0 aromatic carbocycles. The zero-order valence-electron chi connectivity index (χ0n) is 17.5. The van der Waals surface area contributed by atoms with E-state index in [9.17, 15) is 4.79 Å². The van der Waals surface area contributed by atoms with E-state index in [0.29, 0.717) is 12.1 Å². The Morgan fingerprint density at radius 3 is 2.54 bits per heavy atom. The number of aryl methyl sites for hydroxylation is 1. The molecule has 1 saturated carbocycles. The first-order valence-corrected chi connectivity index (χ1v) is 10.8. The van der Waals surface area contributed by atoms with Crippen LogP contribution < -0.4 is 15.1 Å². The summed E-state index contributed by atoms with van der Waals surface area (Å²) in [7, 11) is 3.97. The molecule has 7 heteroatoms. The molecule has 1 atom stereocenters. The summed E-state index contributed by atoms with van der Waals surface area (Å²) < 4.78 is 0. The van der Waals surface area contributed by atoms with E-state index in [4.69, 9.17) is 4.98 Å². The standard InChI is InChI=1S/C21H34N6O/c1-15-13-19(24-21(22-15)25(2)3)26-11-8-18(9-12-26)27-10-4-5-16(14-27)20(28)23-17-6-7-17/h13,16-18H,4-12,14H2,1-3H3,(H,23,28)/t16-/m1/s1. The smallest absolute Gasteiger partial charge is 0.226 e. The van der Waals surface area contributed by atoms with Crippen LogP contribution in [0.15, 0.2) is 6.07 Å². The Morgan fingerprint density at radius 1 is 1.11 bits per heavy atom. The van der Waals surface area contributed by atoms with E-state index in [1.54, 1.807) is 0 Å². The summed E-state index contributed by atoms with van der Waals surface area (Å²) in [4.78, 5) is 28.6. The van der Waals surface area contributed by atoms with Crippen LogP contribution in [0.1, 0.15) is 44.2 Å². The Kier molecular flexibility index (Phi) is 5.71. The van der Waals surface area contributed by atoms with E-state index >= 15 is 0 Å². The molecule has 0 unspecified atom stereocenters. The van der Waals surface area contributed by atoms with E-state index in [1.165, 1.54) is 12.8 Å². The lowest BCUT2D eigenvalue weighted by Gasteiger charge is -2.42. The molecule has 7 nitrogen and oxygen atoms in total. The van der Waals surface area contributed by atoms with E-state index < -0.39 is 0 Å². The van der Waals surface area contributed by atoms with Crippen molar-refractivity contribution in [3.05, 3.63) is 11.8 Å². The van der Waals surface area contributed by atoms with E-state index in [0.717, 1.165) is 69.3 Å². The van der Waals surface area contributed by atoms with Gasteiger partial charge in [0.2, 0.25) is 11.9 Å². The van der Waals surface area contributed by atoms with Crippen molar-refractivity contribution in [2.75, 3.05) is 50.1 Å². The fourth-order valence-electron chi connectivity index (χ4n) is 4.46. The van der Waals surface area contributed by atoms with E-state index in [-0.39, 0.29) is 11.8 Å². The van der Waals surface area contributed by atoms with Gasteiger partial charge in [-0.1, -0.05) is 0 Å². The Hall–Kier alpha value is -1.89. The minimum absolute atomic E-state index is 0.180. The van der Waals surface area contributed by atoms with Crippen molar-refractivity contribution in [2.45, 2.75) is 57.5 Å². The molecular formula is C21H34N6O. The Bertz CT molecular complexity index is 696. The molecule has 0 bridgehead atoms. The van der Waals surface area contributed by atoms with Crippen molar-refractivity contribution in [2.24, 2.45) is 5.92 Å². The van der Waals surface area contributed by atoms with Gasteiger partial charge in [0.1, 0.15) is 5.82 Å². The monoisotopic (exact) mass is 386 g/mol. The van der Waals surface area contributed by atoms with Crippen LogP contribution >= 0.6 is 0 Å². The van der Waals surface area contributed by atoms with Crippen LogP contribution in [0.25, 0.3) is 0 Å². The summed E-state index contributed by atoms with van der Waals surface area (Å²) >= 11 is 0. The Morgan fingerprint density at radius 2 is 1.86 bits per heavy atom. The highest BCUT2D eigenvalue weighted by atomic mass is 16.2. The average molecular weight is 387 g/mol. The number of carbonyl (C=O) groups is 1. The average Bonchev–Trinajstić information content (AvgIpc) is 3.51. The van der Waals surface area contributed by atoms with Gasteiger partial charge in [0.25, 0.3) is 0 Å². The highest BCUT2D eigenvalue weighted by Gasteiger charge is 2.34. The maximum absolute atomic E-state index is 12.5. The minimum Gasteiger partial charge on any atom is -0.356 e. The van der Waals surface area contributed by atoms with Crippen molar-refractivity contribution in [1.29, 1.82) is 0 Å². The fourth-order valence-corrected chi connectivity index (χ4v) is 4.46. The normalized spacial score (nSPS) is 24.2. The maximum Gasteiger partial charge on any atom is 0.226 e. The number of nitrogens with zero attached hydrogens (tertiary/aromatic N) is 5. The second kappa shape index (κ2) is 8.23. The van der Waals surface area contributed by atoms with Crippen LogP contribution in [0.5, 0.6) is 0 Å². The maximum atomic E-state index is 12.5. The lowest BCUT2D eigenvalue weighted by Crippen LogP contribution is -2.51. The minimum atomic E-state index is 0.180. The predicted octanol–water partition coefficient (Wildman–Crippen LogP) is 1.81. The summed E-state index contributed by atoms with van der Waals surface area (Å²) in [6, 6.07) is 3.14. The van der Waals surface area contributed by atoms with Crippen molar-refractivity contribution < 1.29 is 4.79 Å². The number of hydrogen-bond donors (Lipinski definition) is 1. The third-order valence-electron chi connectivity index (χ3n) is 6.28. The first-order valence-electron chi connectivity index (χ1n) is 10.8. The number of anilines is 2. The number of aromatic nitrogens is 2. The van der Waals surface area contributed by atoms with Gasteiger partial charge in [-0.3, -0.25) is 9.69 Å². The molecule has 0 radical (unpaired) electrons. The van der Waals surface area contributed by atoms with Gasteiger partial charge in [0.15, 0.2) is 0 Å². The summed E-state index contributed by atoms with van der Waals surface area (Å²) in [5.74, 6) is 2.28. The van der Waals surface area contributed by atoms with Crippen molar-refractivity contribution >= 4 is 17.7 Å². The first kappa shape index (κ1) is 19.4. The molecule has 3 aliphatic rings. The molecule has 154 valence electrons. The quantitative estimate of drug-likeness (QED) is 0.833. The molecule has 1 aromatic heterocycles. The molecule has 2 saturated heterocycles. The number of hydrogen-bond acceptors (Lipinski definition) is 6. The van der Waals surface area contributed by atoms with Crippen LogP contribution in [-0.4, -0.2) is 73.1 Å². The summed E-state index contributed by atoms with van der Waals surface area (Å²) in [5.41, 5.74) is 1.01. The van der Waals surface area contributed by atoms with Gasteiger partial charge in [-0.25, -0.2) is 4.98 Å².